The zero-order valence-electron chi connectivity index (χ0n) is 13.9. The number of hydrogen-bond donors (Lipinski definition) is 0. The highest BCUT2D eigenvalue weighted by atomic mass is 19.1. The summed E-state index contributed by atoms with van der Waals surface area (Å²) in [5, 5.41) is 4.17. The molecule has 25 heavy (non-hydrogen) atoms. The van der Waals surface area contributed by atoms with Gasteiger partial charge in [0.2, 0.25) is 0 Å². The molecule has 1 fully saturated rings. The molecule has 128 valence electrons. The Hall–Kier alpha value is -3.03. The van der Waals surface area contributed by atoms with E-state index in [4.69, 9.17) is 4.98 Å². The normalized spacial score (nSPS) is 14.8. The molecular formula is C17H18FN7. The van der Waals surface area contributed by atoms with E-state index in [1.54, 1.807) is 35.5 Å². The second-order valence-electron chi connectivity index (χ2n) is 5.95. The molecule has 4 rings (SSSR count). The minimum Gasteiger partial charge on any atom is -0.352 e. The number of halogens is 1. The van der Waals surface area contributed by atoms with Gasteiger partial charge in [0, 0.05) is 51.2 Å². The van der Waals surface area contributed by atoms with Crippen molar-refractivity contribution < 1.29 is 4.39 Å². The SMILES string of the molecule is Cn1cc(-c2cncc(N3CCN(c4ncccc4F)CC3)n2)cn1. The number of nitrogens with zero attached hydrogens (tertiary/aromatic N) is 7. The number of rotatable bonds is 3. The van der Waals surface area contributed by atoms with Crippen LogP contribution in [-0.2, 0) is 7.05 Å². The lowest BCUT2D eigenvalue weighted by atomic mass is 10.2. The number of pyridine rings is 1. The van der Waals surface area contributed by atoms with Crippen molar-refractivity contribution in [3.63, 3.8) is 0 Å². The molecule has 0 aliphatic carbocycles. The fourth-order valence-electron chi connectivity index (χ4n) is 2.96. The van der Waals surface area contributed by atoms with E-state index in [1.165, 1.54) is 6.07 Å². The Morgan fingerprint density at radius 1 is 1.04 bits per heavy atom. The fourth-order valence-corrected chi connectivity index (χ4v) is 2.96. The zero-order chi connectivity index (χ0) is 17.2. The molecule has 0 N–H and O–H groups in total. The fraction of sp³-hybridized carbons (Fsp3) is 0.294. The van der Waals surface area contributed by atoms with Gasteiger partial charge < -0.3 is 9.80 Å². The first-order valence-electron chi connectivity index (χ1n) is 8.12. The van der Waals surface area contributed by atoms with Crippen molar-refractivity contribution in [1.82, 2.24) is 24.7 Å². The molecule has 0 bridgehead atoms. The number of aromatic nitrogens is 5. The minimum absolute atomic E-state index is 0.283. The Balaban J connectivity index is 1.49. The highest BCUT2D eigenvalue weighted by Gasteiger charge is 2.21. The predicted octanol–water partition coefficient (Wildman–Crippen LogP) is 1.74. The molecule has 0 aromatic carbocycles. The number of hydrogen-bond acceptors (Lipinski definition) is 6. The van der Waals surface area contributed by atoms with Crippen molar-refractivity contribution in [2.24, 2.45) is 7.05 Å². The summed E-state index contributed by atoms with van der Waals surface area (Å²) < 4.78 is 15.6. The van der Waals surface area contributed by atoms with Gasteiger partial charge in [0.25, 0.3) is 0 Å². The van der Waals surface area contributed by atoms with Crippen LogP contribution in [0.5, 0.6) is 0 Å². The second-order valence-corrected chi connectivity index (χ2v) is 5.95. The summed E-state index contributed by atoms with van der Waals surface area (Å²) in [5.74, 6) is 0.953. The molecule has 0 unspecified atom stereocenters. The third-order valence-corrected chi connectivity index (χ3v) is 4.26. The molecule has 0 amide bonds. The van der Waals surface area contributed by atoms with Gasteiger partial charge in [-0.3, -0.25) is 9.67 Å². The van der Waals surface area contributed by atoms with Crippen molar-refractivity contribution >= 4 is 11.6 Å². The van der Waals surface area contributed by atoms with Gasteiger partial charge in [0.05, 0.1) is 24.3 Å². The van der Waals surface area contributed by atoms with Gasteiger partial charge in [0.15, 0.2) is 11.6 Å². The highest BCUT2D eigenvalue weighted by Crippen LogP contribution is 2.22. The molecule has 3 aromatic rings. The summed E-state index contributed by atoms with van der Waals surface area (Å²) in [6, 6.07) is 3.05. The summed E-state index contributed by atoms with van der Waals surface area (Å²) in [4.78, 5) is 17.3. The van der Waals surface area contributed by atoms with Gasteiger partial charge >= 0.3 is 0 Å². The second kappa shape index (κ2) is 6.46. The smallest absolute Gasteiger partial charge is 0.165 e. The van der Waals surface area contributed by atoms with E-state index in [-0.39, 0.29) is 5.82 Å². The minimum atomic E-state index is -0.283. The van der Waals surface area contributed by atoms with Crippen LogP contribution in [0.25, 0.3) is 11.3 Å². The summed E-state index contributed by atoms with van der Waals surface area (Å²) in [5.41, 5.74) is 1.73. The lowest BCUT2D eigenvalue weighted by Gasteiger charge is -2.36. The molecule has 1 aliphatic rings. The molecule has 0 saturated carbocycles. The van der Waals surface area contributed by atoms with Crippen LogP contribution in [0.3, 0.4) is 0 Å². The van der Waals surface area contributed by atoms with Crippen LogP contribution in [-0.4, -0.2) is 50.9 Å². The molecule has 3 aromatic heterocycles. The molecule has 8 heteroatoms. The van der Waals surface area contributed by atoms with Gasteiger partial charge in [-0.2, -0.15) is 5.10 Å². The first-order valence-corrected chi connectivity index (χ1v) is 8.12. The third-order valence-electron chi connectivity index (χ3n) is 4.26. The predicted molar refractivity (Wildman–Crippen MR) is 92.9 cm³/mol. The summed E-state index contributed by atoms with van der Waals surface area (Å²) >= 11 is 0. The summed E-state index contributed by atoms with van der Waals surface area (Å²) in [6.07, 6.45) is 8.80. The Bertz CT molecular complexity index is 871. The maximum absolute atomic E-state index is 13.9. The average Bonchev–Trinajstić information content (AvgIpc) is 3.09. The van der Waals surface area contributed by atoms with Crippen LogP contribution >= 0.6 is 0 Å². The van der Waals surface area contributed by atoms with Crippen LogP contribution in [0.1, 0.15) is 0 Å². The lowest BCUT2D eigenvalue weighted by molar-refractivity contribution is 0.587. The van der Waals surface area contributed by atoms with E-state index in [1.807, 2.05) is 18.1 Å². The average molecular weight is 339 g/mol. The molecule has 1 aliphatic heterocycles. The van der Waals surface area contributed by atoms with Crippen LogP contribution < -0.4 is 9.80 Å². The number of aryl methyl sites for hydroxylation is 1. The third kappa shape index (κ3) is 3.15. The summed E-state index contributed by atoms with van der Waals surface area (Å²) in [7, 11) is 1.87. The molecular weight excluding hydrogens is 321 g/mol. The zero-order valence-corrected chi connectivity index (χ0v) is 13.9. The van der Waals surface area contributed by atoms with Crippen LogP contribution in [0.4, 0.5) is 16.0 Å². The number of piperazine rings is 1. The molecule has 0 radical (unpaired) electrons. The highest BCUT2D eigenvalue weighted by molar-refractivity contribution is 5.58. The first-order chi connectivity index (χ1) is 12.2. The van der Waals surface area contributed by atoms with Gasteiger partial charge in [-0.25, -0.2) is 14.4 Å². The molecule has 0 atom stereocenters. The van der Waals surface area contributed by atoms with E-state index in [2.05, 4.69) is 20.0 Å². The monoisotopic (exact) mass is 339 g/mol. The van der Waals surface area contributed by atoms with E-state index >= 15 is 0 Å². The Morgan fingerprint density at radius 2 is 1.84 bits per heavy atom. The van der Waals surface area contributed by atoms with Gasteiger partial charge in [-0.1, -0.05) is 0 Å². The number of anilines is 2. The van der Waals surface area contributed by atoms with Gasteiger partial charge in [-0.15, -0.1) is 0 Å². The topological polar surface area (TPSA) is 63.0 Å². The standard InChI is InChI=1S/C17H18FN7/c1-23-12-13(9-21-23)15-10-19-11-16(22-15)24-5-7-25(8-6-24)17-14(18)3-2-4-20-17/h2-4,9-12H,5-8H2,1H3. The van der Waals surface area contributed by atoms with E-state index in [0.717, 1.165) is 30.2 Å². The van der Waals surface area contributed by atoms with E-state index < -0.39 is 0 Å². The Morgan fingerprint density at radius 3 is 2.56 bits per heavy atom. The van der Waals surface area contributed by atoms with Crippen molar-refractivity contribution in [3.05, 3.63) is 48.9 Å². The van der Waals surface area contributed by atoms with Crippen molar-refractivity contribution in [2.75, 3.05) is 36.0 Å². The van der Waals surface area contributed by atoms with Crippen molar-refractivity contribution in [3.8, 4) is 11.3 Å². The van der Waals surface area contributed by atoms with Crippen molar-refractivity contribution in [2.45, 2.75) is 0 Å². The maximum atomic E-state index is 13.9. The largest absolute Gasteiger partial charge is 0.352 e. The molecule has 1 saturated heterocycles. The quantitative estimate of drug-likeness (QED) is 0.724. The summed E-state index contributed by atoms with van der Waals surface area (Å²) in [6.45, 7) is 2.85. The molecule has 4 heterocycles. The Kier molecular flexibility index (Phi) is 4.01. The van der Waals surface area contributed by atoms with Crippen molar-refractivity contribution in [1.29, 1.82) is 0 Å². The molecule has 7 nitrogen and oxygen atoms in total. The van der Waals surface area contributed by atoms with E-state index in [9.17, 15) is 4.39 Å². The van der Waals surface area contributed by atoms with Crippen LogP contribution in [0.2, 0.25) is 0 Å². The van der Waals surface area contributed by atoms with Crippen LogP contribution in [0.15, 0.2) is 43.1 Å². The van der Waals surface area contributed by atoms with Gasteiger partial charge in [-0.05, 0) is 12.1 Å². The maximum Gasteiger partial charge on any atom is 0.165 e. The lowest BCUT2D eigenvalue weighted by Crippen LogP contribution is -2.47. The van der Waals surface area contributed by atoms with Crippen LogP contribution in [0, 0.1) is 5.82 Å². The van der Waals surface area contributed by atoms with E-state index in [0.29, 0.717) is 18.9 Å². The van der Waals surface area contributed by atoms with Gasteiger partial charge in [0.1, 0.15) is 5.82 Å². The Labute approximate surface area is 144 Å². The first kappa shape index (κ1) is 15.5. The molecule has 0 spiro atoms.